The van der Waals surface area contributed by atoms with Crippen LogP contribution in [0.3, 0.4) is 0 Å². The van der Waals surface area contributed by atoms with E-state index in [1.165, 1.54) is 18.4 Å². The van der Waals surface area contributed by atoms with Gasteiger partial charge in [-0.3, -0.25) is 0 Å². The van der Waals surface area contributed by atoms with Gasteiger partial charge in [0.25, 0.3) is 0 Å². The fourth-order valence-corrected chi connectivity index (χ4v) is 3.21. The molecular weight excluding hydrogens is 246 g/mol. The summed E-state index contributed by atoms with van der Waals surface area (Å²) in [7, 11) is 1.36. The van der Waals surface area contributed by atoms with E-state index in [1.54, 1.807) is 12.1 Å². The molecule has 0 amide bonds. The van der Waals surface area contributed by atoms with Gasteiger partial charge in [0.1, 0.15) is 10.9 Å². The SMILES string of the molecule is COC(=O)c1ccc2c(C(C)C)c(C#N)sc2c1. The van der Waals surface area contributed by atoms with E-state index in [2.05, 4.69) is 19.9 Å². The second-order valence-corrected chi connectivity index (χ2v) is 5.37. The zero-order valence-corrected chi connectivity index (χ0v) is 11.3. The van der Waals surface area contributed by atoms with Crippen LogP contribution in [0.4, 0.5) is 0 Å². The minimum Gasteiger partial charge on any atom is -0.465 e. The first-order chi connectivity index (χ1) is 8.58. The molecule has 0 aliphatic rings. The van der Waals surface area contributed by atoms with Crippen LogP contribution in [0, 0.1) is 11.3 Å². The first kappa shape index (κ1) is 12.6. The summed E-state index contributed by atoms with van der Waals surface area (Å²) in [5.74, 6) is -0.0627. The molecule has 0 unspecified atom stereocenters. The van der Waals surface area contributed by atoms with E-state index in [-0.39, 0.29) is 11.9 Å². The van der Waals surface area contributed by atoms with E-state index in [0.29, 0.717) is 5.56 Å². The quantitative estimate of drug-likeness (QED) is 0.773. The summed E-state index contributed by atoms with van der Waals surface area (Å²) >= 11 is 1.43. The average molecular weight is 259 g/mol. The van der Waals surface area contributed by atoms with Crippen molar-refractivity contribution in [3.63, 3.8) is 0 Å². The maximum absolute atomic E-state index is 11.5. The van der Waals surface area contributed by atoms with Gasteiger partial charge in [-0.05, 0) is 29.0 Å². The second-order valence-electron chi connectivity index (χ2n) is 4.31. The topological polar surface area (TPSA) is 50.1 Å². The Morgan fingerprint density at radius 1 is 1.44 bits per heavy atom. The normalized spacial score (nSPS) is 10.6. The number of carbonyl (C=O) groups excluding carboxylic acids is 1. The molecule has 18 heavy (non-hydrogen) atoms. The molecule has 0 N–H and O–H groups in total. The highest BCUT2D eigenvalue weighted by Crippen LogP contribution is 2.36. The number of ether oxygens (including phenoxy) is 1. The van der Waals surface area contributed by atoms with E-state index < -0.39 is 0 Å². The van der Waals surface area contributed by atoms with Crippen molar-refractivity contribution in [2.45, 2.75) is 19.8 Å². The Morgan fingerprint density at radius 3 is 2.72 bits per heavy atom. The molecule has 1 aromatic heterocycles. The highest BCUT2D eigenvalue weighted by molar-refractivity contribution is 7.19. The zero-order chi connectivity index (χ0) is 13.3. The summed E-state index contributed by atoms with van der Waals surface area (Å²) in [5.41, 5.74) is 1.58. The van der Waals surface area contributed by atoms with Crippen LogP contribution in [0.1, 0.15) is 40.6 Å². The van der Waals surface area contributed by atoms with Crippen LogP contribution in [0.5, 0.6) is 0 Å². The maximum atomic E-state index is 11.5. The fraction of sp³-hybridized carbons (Fsp3) is 0.286. The van der Waals surface area contributed by atoms with Crippen LogP contribution in [-0.4, -0.2) is 13.1 Å². The van der Waals surface area contributed by atoms with Gasteiger partial charge in [0.2, 0.25) is 0 Å². The number of nitrogens with zero attached hydrogens (tertiary/aromatic N) is 1. The van der Waals surface area contributed by atoms with Gasteiger partial charge in [-0.1, -0.05) is 19.9 Å². The highest BCUT2D eigenvalue weighted by Gasteiger charge is 2.16. The molecule has 0 saturated carbocycles. The van der Waals surface area contributed by atoms with E-state index in [0.717, 1.165) is 20.5 Å². The monoisotopic (exact) mass is 259 g/mol. The summed E-state index contributed by atoms with van der Waals surface area (Å²) < 4.78 is 5.65. The van der Waals surface area contributed by atoms with Gasteiger partial charge in [0.05, 0.1) is 12.7 Å². The van der Waals surface area contributed by atoms with Gasteiger partial charge in [-0.2, -0.15) is 5.26 Å². The smallest absolute Gasteiger partial charge is 0.337 e. The van der Waals surface area contributed by atoms with Crippen molar-refractivity contribution in [1.82, 2.24) is 0 Å². The number of thiophene rings is 1. The van der Waals surface area contributed by atoms with Gasteiger partial charge >= 0.3 is 5.97 Å². The van der Waals surface area contributed by atoms with Crippen molar-refractivity contribution >= 4 is 27.4 Å². The summed E-state index contributed by atoms with van der Waals surface area (Å²) in [6, 6.07) is 7.66. The van der Waals surface area contributed by atoms with E-state index >= 15 is 0 Å². The van der Waals surface area contributed by atoms with Crippen molar-refractivity contribution < 1.29 is 9.53 Å². The first-order valence-electron chi connectivity index (χ1n) is 5.63. The molecule has 3 nitrogen and oxygen atoms in total. The molecule has 0 radical (unpaired) electrons. The first-order valence-corrected chi connectivity index (χ1v) is 6.45. The Labute approximate surface area is 110 Å². The summed E-state index contributed by atoms with van der Waals surface area (Å²) in [6.07, 6.45) is 0. The molecule has 0 saturated heterocycles. The van der Waals surface area contributed by atoms with Gasteiger partial charge in [-0.25, -0.2) is 4.79 Å². The molecule has 0 fully saturated rings. The largest absolute Gasteiger partial charge is 0.465 e. The molecule has 4 heteroatoms. The number of esters is 1. The second kappa shape index (κ2) is 4.79. The van der Waals surface area contributed by atoms with E-state index in [9.17, 15) is 4.79 Å². The highest BCUT2D eigenvalue weighted by atomic mass is 32.1. The molecule has 0 aliphatic carbocycles. The molecular formula is C14H13NO2S. The van der Waals surface area contributed by atoms with Crippen molar-refractivity contribution in [2.24, 2.45) is 0 Å². The predicted octanol–water partition coefficient (Wildman–Crippen LogP) is 3.68. The minimum absolute atomic E-state index is 0.289. The average Bonchev–Trinajstić information content (AvgIpc) is 2.74. The number of carbonyl (C=O) groups is 1. The van der Waals surface area contributed by atoms with Gasteiger partial charge in [0, 0.05) is 4.70 Å². The van der Waals surface area contributed by atoms with Crippen LogP contribution >= 0.6 is 11.3 Å². The van der Waals surface area contributed by atoms with Crippen LogP contribution in [-0.2, 0) is 4.74 Å². The van der Waals surface area contributed by atoms with Crippen molar-refractivity contribution in [3.8, 4) is 6.07 Å². The number of rotatable bonds is 2. The lowest BCUT2D eigenvalue weighted by atomic mass is 9.99. The third-order valence-electron chi connectivity index (χ3n) is 2.83. The lowest BCUT2D eigenvalue weighted by molar-refractivity contribution is 0.0601. The molecule has 1 heterocycles. The zero-order valence-electron chi connectivity index (χ0n) is 10.5. The minimum atomic E-state index is -0.352. The van der Waals surface area contributed by atoms with Crippen LogP contribution < -0.4 is 0 Å². The number of benzene rings is 1. The maximum Gasteiger partial charge on any atom is 0.337 e. The van der Waals surface area contributed by atoms with Gasteiger partial charge in [-0.15, -0.1) is 11.3 Å². The van der Waals surface area contributed by atoms with Crippen LogP contribution in [0.15, 0.2) is 18.2 Å². The van der Waals surface area contributed by atoms with E-state index in [1.807, 2.05) is 6.07 Å². The van der Waals surface area contributed by atoms with Crippen LogP contribution in [0.25, 0.3) is 10.1 Å². The lowest BCUT2D eigenvalue weighted by Crippen LogP contribution is -2.00. The van der Waals surface area contributed by atoms with Crippen molar-refractivity contribution in [2.75, 3.05) is 7.11 Å². The summed E-state index contributed by atoms with van der Waals surface area (Å²) in [6.45, 7) is 4.13. The molecule has 92 valence electrons. The molecule has 0 spiro atoms. The van der Waals surface area contributed by atoms with Crippen molar-refractivity contribution in [3.05, 3.63) is 34.2 Å². The van der Waals surface area contributed by atoms with Gasteiger partial charge in [0.15, 0.2) is 0 Å². The molecule has 2 aromatic rings. The lowest BCUT2D eigenvalue weighted by Gasteiger charge is -2.04. The van der Waals surface area contributed by atoms with Crippen molar-refractivity contribution in [1.29, 1.82) is 5.26 Å². The summed E-state index contributed by atoms with van der Waals surface area (Å²) in [5, 5.41) is 10.2. The van der Waals surface area contributed by atoms with Crippen LogP contribution in [0.2, 0.25) is 0 Å². The number of hydrogen-bond donors (Lipinski definition) is 0. The Balaban J connectivity index is 2.67. The Hall–Kier alpha value is -1.86. The molecule has 2 rings (SSSR count). The molecule has 0 atom stereocenters. The molecule has 0 aliphatic heterocycles. The van der Waals surface area contributed by atoms with E-state index in [4.69, 9.17) is 10.00 Å². The summed E-state index contributed by atoms with van der Waals surface area (Å²) in [4.78, 5) is 12.2. The third-order valence-corrected chi connectivity index (χ3v) is 3.90. The Bertz CT molecular complexity index is 650. The Kier molecular flexibility index (Phi) is 3.35. The third kappa shape index (κ3) is 1.98. The number of fused-ring (bicyclic) bond motifs is 1. The Morgan fingerprint density at radius 2 is 2.17 bits per heavy atom. The fourth-order valence-electron chi connectivity index (χ4n) is 2.02. The standard InChI is InChI=1S/C14H13NO2S/c1-8(2)13-10-5-4-9(14(16)17-3)6-11(10)18-12(13)7-15/h4-6,8H,1-3H3. The van der Waals surface area contributed by atoms with Gasteiger partial charge < -0.3 is 4.74 Å². The molecule has 0 bridgehead atoms. The number of nitriles is 1. The predicted molar refractivity (Wildman–Crippen MR) is 72.0 cm³/mol. The molecule has 1 aromatic carbocycles. The number of methoxy groups -OCH3 is 1. The number of hydrogen-bond acceptors (Lipinski definition) is 4.